The second-order valence-electron chi connectivity index (χ2n) is 14.1. The number of aromatic nitrogens is 2. The molecule has 0 unspecified atom stereocenters. The zero-order valence-corrected chi connectivity index (χ0v) is 29.4. The molecule has 0 aliphatic carbocycles. The van der Waals surface area contributed by atoms with E-state index in [-0.39, 0.29) is 0 Å². The van der Waals surface area contributed by atoms with Crippen molar-refractivity contribution < 1.29 is 0 Å². The highest BCUT2D eigenvalue weighted by molar-refractivity contribution is 7.26. The molecule has 0 atom stereocenters. The highest BCUT2D eigenvalue weighted by atomic mass is 32.1. The average Bonchev–Trinajstić information content (AvgIpc) is 3.89. The lowest BCUT2D eigenvalue weighted by Crippen LogP contribution is -1.99. The van der Waals surface area contributed by atoms with Gasteiger partial charge in [0, 0.05) is 48.4 Å². The Kier molecular flexibility index (Phi) is 5.96. The van der Waals surface area contributed by atoms with Gasteiger partial charge in [-0.1, -0.05) is 133 Å². The van der Waals surface area contributed by atoms with E-state index in [1.807, 2.05) is 11.3 Å². The van der Waals surface area contributed by atoms with Crippen molar-refractivity contribution in [3.05, 3.63) is 182 Å². The van der Waals surface area contributed by atoms with Crippen LogP contribution < -0.4 is 0 Å². The molecule has 0 spiro atoms. The second kappa shape index (κ2) is 10.9. The fraction of sp³-hybridized carbons (Fsp3) is 0. The van der Waals surface area contributed by atoms with Crippen molar-refractivity contribution in [1.82, 2.24) is 9.13 Å². The first-order valence-electron chi connectivity index (χ1n) is 18.2. The lowest BCUT2D eigenvalue weighted by molar-refractivity contribution is 1.15. The van der Waals surface area contributed by atoms with Gasteiger partial charge < -0.3 is 9.13 Å². The maximum Gasteiger partial charge on any atom is 0.0795 e. The summed E-state index contributed by atoms with van der Waals surface area (Å²) in [6.45, 7) is 0. The van der Waals surface area contributed by atoms with Gasteiger partial charge in [0.25, 0.3) is 0 Å². The molecule has 0 N–H and O–H groups in total. The van der Waals surface area contributed by atoms with Crippen molar-refractivity contribution in [1.29, 1.82) is 0 Å². The van der Waals surface area contributed by atoms with Crippen LogP contribution in [-0.2, 0) is 0 Å². The molecule has 53 heavy (non-hydrogen) atoms. The number of hydrogen-bond donors (Lipinski definition) is 0. The van der Waals surface area contributed by atoms with Gasteiger partial charge in [-0.15, -0.1) is 11.3 Å². The minimum atomic E-state index is 1.15. The highest BCUT2D eigenvalue weighted by Gasteiger charge is 2.26. The van der Waals surface area contributed by atoms with Crippen molar-refractivity contribution in [3.8, 4) is 33.6 Å². The third kappa shape index (κ3) is 4.08. The van der Waals surface area contributed by atoms with Crippen molar-refractivity contribution in [2.75, 3.05) is 0 Å². The summed E-state index contributed by atoms with van der Waals surface area (Å²) in [5, 5.41) is 10.4. The van der Waals surface area contributed by atoms with E-state index in [4.69, 9.17) is 0 Å². The molecule has 0 aliphatic rings. The summed E-state index contributed by atoms with van der Waals surface area (Å²) >= 11 is 1.91. The molecule has 0 bridgehead atoms. The van der Waals surface area contributed by atoms with Gasteiger partial charge in [0.05, 0.1) is 26.8 Å². The Labute approximate surface area is 309 Å². The van der Waals surface area contributed by atoms with E-state index in [0.29, 0.717) is 0 Å². The number of nitrogens with zero attached hydrogens (tertiary/aromatic N) is 2. The lowest BCUT2D eigenvalue weighted by Gasteiger charge is -2.14. The molecule has 0 saturated heterocycles. The van der Waals surface area contributed by atoms with Crippen molar-refractivity contribution in [3.63, 3.8) is 0 Å². The monoisotopic (exact) mass is 690 g/mol. The minimum Gasteiger partial charge on any atom is -0.307 e. The van der Waals surface area contributed by atoms with E-state index in [1.165, 1.54) is 102 Å². The molecular weight excluding hydrogens is 661 g/mol. The summed E-state index contributed by atoms with van der Waals surface area (Å²) in [4.78, 5) is 0. The topological polar surface area (TPSA) is 9.86 Å². The van der Waals surface area contributed by atoms with Crippen LogP contribution in [0.4, 0.5) is 0 Å². The zero-order chi connectivity index (χ0) is 34.6. The van der Waals surface area contributed by atoms with Crippen LogP contribution in [0.15, 0.2) is 182 Å². The van der Waals surface area contributed by atoms with Gasteiger partial charge in [0.1, 0.15) is 0 Å². The molecule has 3 aromatic heterocycles. The predicted octanol–water partition coefficient (Wildman–Crippen LogP) is 14.2. The van der Waals surface area contributed by atoms with E-state index in [1.54, 1.807) is 0 Å². The first-order chi connectivity index (χ1) is 26.3. The molecule has 0 fully saturated rings. The van der Waals surface area contributed by atoms with Crippen LogP contribution in [0.25, 0.3) is 108 Å². The Hall–Kier alpha value is -6.68. The van der Waals surface area contributed by atoms with Crippen LogP contribution in [0.1, 0.15) is 0 Å². The molecule has 12 rings (SSSR count). The highest BCUT2D eigenvalue weighted by Crippen LogP contribution is 2.50. The first-order valence-corrected chi connectivity index (χ1v) is 19.0. The van der Waals surface area contributed by atoms with Crippen LogP contribution in [0.3, 0.4) is 0 Å². The van der Waals surface area contributed by atoms with Gasteiger partial charge in [-0.05, 0) is 81.6 Å². The van der Waals surface area contributed by atoms with E-state index in [2.05, 4.69) is 191 Å². The number of thiophene rings is 1. The normalized spacial score (nSPS) is 12.2. The summed E-state index contributed by atoms with van der Waals surface area (Å²) in [5.41, 5.74) is 12.1. The van der Waals surface area contributed by atoms with Gasteiger partial charge in [0.15, 0.2) is 0 Å². The number of fused-ring (bicyclic) bond motifs is 8. The maximum absolute atomic E-state index is 2.60. The molecule has 3 heteroatoms. The maximum atomic E-state index is 2.60. The Morgan fingerprint density at radius 3 is 1.72 bits per heavy atom. The summed E-state index contributed by atoms with van der Waals surface area (Å²) in [6, 6.07) is 67.0. The predicted molar refractivity (Wildman–Crippen MR) is 228 cm³/mol. The van der Waals surface area contributed by atoms with E-state index >= 15 is 0 Å². The summed E-state index contributed by atoms with van der Waals surface area (Å²) in [7, 11) is 0. The molecule has 12 aromatic rings. The third-order valence-corrected chi connectivity index (χ3v) is 12.4. The smallest absolute Gasteiger partial charge is 0.0795 e. The first kappa shape index (κ1) is 29.0. The fourth-order valence-corrected chi connectivity index (χ4v) is 10.1. The Bertz CT molecular complexity index is 3360. The largest absolute Gasteiger partial charge is 0.307 e. The van der Waals surface area contributed by atoms with E-state index in [0.717, 1.165) is 5.69 Å². The lowest BCUT2D eigenvalue weighted by atomic mass is 9.98. The number of hydrogen-bond acceptors (Lipinski definition) is 1. The number of benzene rings is 9. The molecule has 246 valence electrons. The third-order valence-electron chi connectivity index (χ3n) is 11.2. The summed E-state index contributed by atoms with van der Waals surface area (Å²) < 4.78 is 7.76. The molecule has 2 nitrogen and oxygen atoms in total. The SMILES string of the molecule is c1ccc(-c2ccc(-n3c4ccccc4c4cc5ccc6cc7c8ccccc8sc7c7c6c5c(c43)n7-c3cccc(-c4ccccc4)c3)cc2)cc1. The van der Waals surface area contributed by atoms with Crippen LogP contribution in [0.5, 0.6) is 0 Å². The Morgan fingerprint density at radius 1 is 0.340 bits per heavy atom. The molecule has 9 aromatic carbocycles. The van der Waals surface area contributed by atoms with Gasteiger partial charge in [-0.25, -0.2) is 0 Å². The van der Waals surface area contributed by atoms with Crippen molar-refractivity contribution >= 4 is 85.9 Å². The second-order valence-corrected chi connectivity index (χ2v) is 15.2. The van der Waals surface area contributed by atoms with Crippen molar-refractivity contribution in [2.45, 2.75) is 0 Å². The molecule has 0 aliphatic heterocycles. The molecule has 0 amide bonds. The van der Waals surface area contributed by atoms with Gasteiger partial charge >= 0.3 is 0 Å². The quantitative estimate of drug-likeness (QED) is 0.163. The van der Waals surface area contributed by atoms with Gasteiger partial charge in [-0.3, -0.25) is 0 Å². The van der Waals surface area contributed by atoms with Gasteiger partial charge in [-0.2, -0.15) is 0 Å². The Balaban J connectivity index is 1.29. The summed E-state index contributed by atoms with van der Waals surface area (Å²) in [5.74, 6) is 0. The standard InChI is InChI=1S/C50H30N2S/c1-3-12-31(13-4-1)33-24-26-37(27-25-33)51-43-20-9-7-18-39(43)41-29-35-22-23-36-30-42-40-19-8-10-21-44(40)53-50(42)49-46(36)45(35)48(47(41)51)52(49)38-17-11-16-34(28-38)32-14-5-2-6-15-32/h1-30H. The zero-order valence-electron chi connectivity index (χ0n) is 28.6. The number of para-hydroxylation sites is 1. The van der Waals surface area contributed by atoms with Crippen LogP contribution in [0, 0.1) is 0 Å². The summed E-state index contributed by atoms with van der Waals surface area (Å²) in [6.07, 6.45) is 0. The van der Waals surface area contributed by atoms with Gasteiger partial charge in [0.2, 0.25) is 0 Å². The average molecular weight is 691 g/mol. The molecular formula is C50H30N2S. The van der Waals surface area contributed by atoms with E-state index < -0.39 is 0 Å². The molecule has 0 saturated carbocycles. The van der Waals surface area contributed by atoms with Crippen LogP contribution in [0.2, 0.25) is 0 Å². The van der Waals surface area contributed by atoms with E-state index in [9.17, 15) is 0 Å². The minimum absolute atomic E-state index is 1.15. The van der Waals surface area contributed by atoms with Crippen molar-refractivity contribution in [2.24, 2.45) is 0 Å². The molecule has 3 heterocycles. The van der Waals surface area contributed by atoms with Crippen LogP contribution >= 0.6 is 11.3 Å². The molecule has 0 radical (unpaired) electrons. The fourth-order valence-electron chi connectivity index (χ4n) is 8.92. The van der Waals surface area contributed by atoms with Crippen LogP contribution in [-0.4, -0.2) is 9.13 Å². The Morgan fingerprint density at radius 2 is 0.943 bits per heavy atom. The number of rotatable bonds is 4.